The number of aryl methyl sites for hydroxylation is 1. The third-order valence-electron chi connectivity index (χ3n) is 4.12. The molecule has 2 aromatic carbocycles. The summed E-state index contributed by atoms with van der Waals surface area (Å²) >= 11 is 0. The number of hydrogen-bond donors (Lipinski definition) is 0. The van der Waals surface area contributed by atoms with E-state index in [0.717, 1.165) is 34.6 Å². The Balaban J connectivity index is 1.83. The maximum absolute atomic E-state index is 11.7. The number of carbonyl (C=O) groups excluding carboxylic acids is 1. The van der Waals surface area contributed by atoms with Crippen LogP contribution < -0.4 is 4.74 Å². The van der Waals surface area contributed by atoms with Crippen LogP contribution in [-0.2, 0) is 17.8 Å². The molecule has 0 radical (unpaired) electrons. The topological polar surface area (TPSA) is 48.4 Å². The zero-order valence-electron chi connectivity index (χ0n) is 14.9. The van der Waals surface area contributed by atoms with Gasteiger partial charge in [0.05, 0.1) is 12.8 Å². The van der Waals surface area contributed by atoms with Crippen molar-refractivity contribution < 1.29 is 14.3 Å². The molecular weight excluding hydrogens is 326 g/mol. The molecule has 0 atom stereocenters. The Bertz CT molecular complexity index is 891. The summed E-state index contributed by atoms with van der Waals surface area (Å²) in [4.78, 5) is 16.1. The zero-order chi connectivity index (χ0) is 18.4. The molecule has 3 aromatic rings. The summed E-state index contributed by atoms with van der Waals surface area (Å²) in [7, 11) is 1.35. The number of carbonyl (C=O) groups is 1. The van der Waals surface area contributed by atoms with Gasteiger partial charge in [-0.3, -0.25) is 0 Å². The van der Waals surface area contributed by atoms with Gasteiger partial charge in [0.25, 0.3) is 0 Å². The fraction of sp³-hybridized carbons (Fsp3) is 0.182. The third kappa shape index (κ3) is 4.09. The van der Waals surface area contributed by atoms with Gasteiger partial charge >= 0.3 is 5.97 Å². The van der Waals surface area contributed by atoms with E-state index in [1.54, 1.807) is 12.1 Å². The van der Waals surface area contributed by atoms with Gasteiger partial charge in [0.2, 0.25) is 0 Å². The first-order valence-electron chi connectivity index (χ1n) is 8.56. The smallest absolute Gasteiger partial charge is 0.356 e. The van der Waals surface area contributed by atoms with Gasteiger partial charge < -0.3 is 9.47 Å². The molecule has 0 aliphatic carbocycles. The van der Waals surface area contributed by atoms with Crippen LogP contribution in [0.2, 0.25) is 0 Å². The van der Waals surface area contributed by atoms with Gasteiger partial charge in [0.15, 0.2) is 0 Å². The summed E-state index contributed by atoms with van der Waals surface area (Å²) < 4.78 is 10.7. The lowest BCUT2D eigenvalue weighted by Crippen LogP contribution is -2.04. The van der Waals surface area contributed by atoms with Gasteiger partial charge in [0, 0.05) is 5.56 Å². The monoisotopic (exact) mass is 347 g/mol. The number of hydrogen-bond acceptors (Lipinski definition) is 4. The van der Waals surface area contributed by atoms with E-state index < -0.39 is 5.97 Å². The summed E-state index contributed by atoms with van der Waals surface area (Å²) in [6.07, 6.45) is 0.842. The molecule has 0 aliphatic rings. The number of methoxy groups -OCH3 is 1. The van der Waals surface area contributed by atoms with E-state index in [1.807, 2.05) is 48.5 Å². The van der Waals surface area contributed by atoms with Crippen LogP contribution in [-0.4, -0.2) is 18.1 Å². The first-order chi connectivity index (χ1) is 12.7. The molecule has 3 rings (SSSR count). The summed E-state index contributed by atoms with van der Waals surface area (Å²) in [5, 5.41) is 0. The van der Waals surface area contributed by atoms with Crippen LogP contribution in [0, 0.1) is 0 Å². The number of ether oxygens (including phenoxy) is 2. The average Bonchev–Trinajstić information content (AvgIpc) is 2.72. The molecule has 0 spiro atoms. The Morgan fingerprint density at radius 1 is 1.00 bits per heavy atom. The molecule has 0 bridgehead atoms. The standard InChI is InChI=1S/C22H21NO3/c1-3-17-14-18(19-10-7-11-20(23-19)22(24)25-2)12-13-21(17)26-15-16-8-5-4-6-9-16/h4-14H,3,15H2,1-2H3. The van der Waals surface area contributed by atoms with Gasteiger partial charge in [0.1, 0.15) is 18.1 Å². The number of aromatic nitrogens is 1. The molecular formula is C22H21NO3. The van der Waals surface area contributed by atoms with Crippen molar-refractivity contribution in [2.24, 2.45) is 0 Å². The highest BCUT2D eigenvalue weighted by atomic mass is 16.5. The van der Waals surface area contributed by atoms with Crippen molar-refractivity contribution in [2.75, 3.05) is 7.11 Å². The largest absolute Gasteiger partial charge is 0.489 e. The van der Waals surface area contributed by atoms with E-state index in [9.17, 15) is 4.79 Å². The summed E-state index contributed by atoms with van der Waals surface area (Å²) in [6, 6.07) is 21.4. The molecule has 0 fully saturated rings. The van der Waals surface area contributed by atoms with Crippen LogP contribution in [0.1, 0.15) is 28.5 Å². The molecule has 0 unspecified atom stereocenters. The van der Waals surface area contributed by atoms with E-state index in [4.69, 9.17) is 9.47 Å². The van der Waals surface area contributed by atoms with Gasteiger partial charge in [-0.05, 0) is 47.9 Å². The first kappa shape index (κ1) is 17.7. The normalized spacial score (nSPS) is 10.4. The molecule has 1 heterocycles. The lowest BCUT2D eigenvalue weighted by Gasteiger charge is -2.12. The first-order valence-corrected chi connectivity index (χ1v) is 8.56. The van der Waals surface area contributed by atoms with Crippen molar-refractivity contribution in [2.45, 2.75) is 20.0 Å². The van der Waals surface area contributed by atoms with E-state index in [2.05, 4.69) is 18.0 Å². The predicted molar refractivity (Wildman–Crippen MR) is 101 cm³/mol. The average molecular weight is 347 g/mol. The predicted octanol–water partition coefficient (Wildman–Crippen LogP) is 4.68. The second-order valence-electron chi connectivity index (χ2n) is 5.85. The van der Waals surface area contributed by atoms with Crippen LogP contribution in [0.5, 0.6) is 5.75 Å². The van der Waals surface area contributed by atoms with E-state index >= 15 is 0 Å². The highest BCUT2D eigenvalue weighted by Gasteiger charge is 2.11. The molecule has 26 heavy (non-hydrogen) atoms. The molecule has 0 N–H and O–H groups in total. The molecule has 132 valence electrons. The van der Waals surface area contributed by atoms with Gasteiger partial charge in [-0.2, -0.15) is 0 Å². The summed E-state index contributed by atoms with van der Waals surface area (Å²) in [5.41, 5.74) is 4.21. The second kappa shape index (κ2) is 8.30. The quantitative estimate of drug-likeness (QED) is 0.608. The second-order valence-corrected chi connectivity index (χ2v) is 5.85. The Hall–Kier alpha value is -3.14. The number of pyridine rings is 1. The highest BCUT2D eigenvalue weighted by Crippen LogP contribution is 2.27. The number of nitrogens with zero attached hydrogens (tertiary/aromatic N) is 1. The SMILES string of the molecule is CCc1cc(-c2cccc(C(=O)OC)n2)ccc1OCc1ccccc1. The van der Waals surface area contributed by atoms with Gasteiger partial charge in [-0.15, -0.1) is 0 Å². The minimum atomic E-state index is -0.439. The Kier molecular flexibility index (Phi) is 5.64. The minimum Gasteiger partial charge on any atom is -0.489 e. The summed E-state index contributed by atoms with van der Waals surface area (Å²) in [5.74, 6) is 0.426. The molecule has 1 aromatic heterocycles. The molecule has 0 aliphatic heterocycles. The van der Waals surface area contributed by atoms with Crippen molar-refractivity contribution in [3.05, 3.63) is 83.6 Å². The fourth-order valence-electron chi connectivity index (χ4n) is 2.70. The molecule has 0 amide bonds. The molecule has 0 saturated heterocycles. The summed E-state index contributed by atoms with van der Waals surface area (Å²) in [6.45, 7) is 2.62. The van der Waals surface area contributed by atoms with Crippen molar-refractivity contribution in [1.82, 2.24) is 4.98 Å². The van der Waals surface area contributed by atoms with Gasteiger partial charge in [-0.1, -0.05) is 43.3 Å². The van der Waals surface area contributed by atoms with E-state index in [-0.39, 0.29) is 0 Å². The van der Waals surface area contributed by atoms with Crippen molar-refractivity contribution in [3.63, 3.8) is 0 Å². The lowest BCUT2D eigenvalue weighted by molar-refractivity contribution is 0.0594. The third-order valence-corrected chi connectivity index (χ3v) is 4.12. The van der Waals surface area contributed by atoms with Crippen LogP contribution in [0.15, 0.2) is 66.7 Å². The Labute approximate surface area is 153 Å². The fourth-order valence-corrected chi connectivity index (χ4v) is 2.70. The van der Waals surface area contributed by atoms with Crippen LogP contribution in [0.4, 0.5) is 0 Å². The minimum absolute atomic E-state index is 0.299. The zero-order valence-corrected chi connectivity index (χ0v) is 14.9. The van der Waals surface area contributed by atoms with Crippen LogP contribution in [0.25, 0.3) is 11.3 Å². The number of benzene rings is 2. The molecule has 4 nitrogen and oxygen atoms in total. The number of esters is 1. The Morgan fingerprint density at radius 2 is 1.81 bits per heavy atom. The van der Waals surface area contributed by atoms with E-state index in [1.165, 1.54) is 7.11 Å². The van der Waals surface area contributed by atoms with E-state index in [0.29, 0.717) is 12.3 Å². The highest BCUT2D eigenvalue weighted by molar-refractivity contribution is 5.87. The lowest BCUT2D eigenvalue weighted by atomic mass is 10.0. The van der Waals surface area contributed by atoms with Crippen LogP contribution >= 0.6 is 0 Å². The molecule has 0 saturated carbocycles. The molecule has 4 heteroatoms. The maximum Gasteiger partial charge on any atom is 0.356 e. The van der Waals surface area contributed by atoms with Crippen molar-refractivity contribution in [1.29, 1.82) is 0 Å². The van der Waals surface area contributed by atoms with Gasteiger partial charge in [-0.25, -0.2) is 9.78 Å². The van der Waals surface area contributed by atoms with Crippen LogP contribution in [0.3, 0.4) is 0 Å². The van der Waals surface area contributed by atoms with Crippen molar-refractivity contribution >= 4 is 5.97 Å². The Morgan fingerprint density at radius 3 is 2.54 bits per heavy atom. The number of rotatable bonds is 6. The van der Waals surface area contributed by atoms with Crippen molar-refractivity contribution in [3.8, 4) is 17.0 Å². The maximum atomic E-state index is 11.7.